The Bertz CT molecular complexity index is 789. The number of rotatable bonds is 2. The van der Waals surface area contributed by atoms with Gasteiger partial charge in [-0.15, -0.1) is 11.3 Å². The van der Waals surface area contributed by atoms with Gasteiger partial charge in [0, 0.05) is 14.9 Å². The van der Waals surface area contributed by atoms with Crippen LogP contribution in [-0.2, 0) is 6.42 Å². The van der Waals surface area contributed by atoms with Gasteiger partial charge >= 0.3 is 5.63 Å². The summed E-state index contributed by atoms with van der Waals surface area (Å²) in [5, 5.41) is 0.572. The van der Waals surface area contributed by atoms with E-state index in [0.717, 1.165) is 26.2 Å². The maximum Gasteiger partial charge on any atom is 0.347 e. The molecule has 0 atom stereocenters. The van der Waals surface area contributed by atoms with Gasteiger partial charge < -0.3 is 4.42 Å². The second-order valence-corrected chi connectivity index (χ2v) is 6.13. The zero-order valence-electron chi connectivity index (χ0n) is 10.1. The lowest BCUT2D eigenvalue weighted by atomic mass is 10.2. The number of hydrogen-bond acceptors (Lipinski definition) is 4. The molecular formula is C14H10BrNO2S. The van der Waals surface area contributed by atoms with E-state index in [2.05, 4.69) is 27.8 Å². The summed E-state index contributed by atoms with van der Waals surface area (Å²) in [6, 6.07) is 9.40. The minimum atomic E-state index is -0.320. The molecule has 0 bridgehead atoms. The van der Waals surface area contributed by atoms with Gasteiger partial charge in [-0.25, -0.2) is 9.78 Å². The molecule has 5 heteroatoms. The van der Waals surface area contributed by atoms with Crippen molar-refractivity contribution in [2.45, 2.75) is 13.3 Å². The number of nitrogens with zero attached hydrogens (tertiary/aromatic N) is 1. The Kier molecular flexibility index (Phi) is 3.24. The summed E-state index contributed by atoms with van der Waals surface area (Å²) >= 11 is 4.92. The van der Waals surface area contributed by atoms with Crippen molar-refractivity contribution in [1.29, 1.82) is 0 Å². The van der Waals surface area contributed by atoms with E-state index in [4.69, 9.17) is 4.42 Å². The summed E-state index contributed by atoms with van der Waals surface area (Å²) in [6.45, 7) is 2.06. The summed E-state index contributed by atoms with van der Waals surface area (Å²) in [6.07, 6.45) is 0.897. The monoisotopic (exact) mass is 335 g/mol. The molecule has 0 unspecified atom stereocenters. The average molecular weight is 336 g/mol. The number of halogens is 1. The Balaban J connectivity index is 2.20. The van der Waals surface area contributed by atoms with Crippen LogP contribution in [0, 0.1) is 0 Å². The zero-order valence-corrected chi connectivity index (χ0v) is 12.5. The van der Waals surface area contributed by atoms with Crippen LogP contribution in [0.3, 0.4) is 0 Å². The maximum absolute atomic E-state index is 12.0. The summed E-state index contributed by atoms with van der Waals surface area (Å²) < 4.78 is 6.27. The van der Waals surface area contributed by atoms with Crippen molar-refractivity contribution < 1.29 is 4.42 Å². The first kappa shape index (κ1) is 12.6. The SMILES string of the molecule is CCc1cc2c(=O)oc(-c3ccc(Br)cc3)nc2s1. The molecule has 3 rings (SSSR count). The van der Waals surface area contributed by atoms with Gasteiger partial charge in [-0.05, 0) is 36.8 Å². The Morgan fingerprint density at radius 3 is 2.74 bits per heavy atom. The van der Waals surface area contributed by atoms with Crippen LogP contribution in [-0.4, -0.2) is 4.98 Å². The minimum absolute atomic E-state index is 0.320. The first-order chi connectivity index (χ1) is 9.17. The van der Waals surface area contributed by atoms with Gasteiger partial charge in [-0.1, -0.05) is 22.9 Å². The standard InChI is InChI=1S/C14H10BrNO2S/c1-2-10-7-11-13(19-10)16-12(18-14(11)17)8-3-5-9(15)6-4-8/h3-7H,2H2,1H3. The highest BCUT2D eigenvalue weighted by atomic mass is 79.9. The quantitative estimate of drug-likeness (QED) is 0.703. The normalized spacial score (nSPS) is 11.1. The third-order valence-corrected chi connectivity index (χ3v) is 4.52. The number of fused-ring (bicyclic) bond motifs is 1. The van der Waals surface area contributed by atoms with Crippen LogP contribution in [0.2, 0.25) is 0 Å². The Hall–Kier alpha value is -1.46. The number of benzene rings is 1. The predicted octanol–water partition coefficient (Wildman–Crippen LogP) is 4.24. The van der Waals surface area contributed by atoms with Crippen LogP contribution in [0.25, 0.3) is 21.7 Å². The van der Waals surface area contributed by atoms with Gasteiger partial charge in [0.2, 0.25) is 5.89 Å². The molecule has 2 aromatic heterocycles. The Morgan fingerprint density at radius 2 is 2.05 bits per heavy atom. The van der Waals surface area contributed by atoms with Gasteiger partial charge in [0.1, 0.15) is 4.83 Å². The lowest BCUT2D eigenvalue weighted by Crippen LogP contribution is -2.00. The smallest absolute Gasteiger partial charge is 0.347 e. The lowest BCUT2D eigenvalue weighted by molar-refractivity contribution is 0.519. The Labute approximate surface area is 122 Å². The van der Waals surface area contributed by atoms with E-state index < -0.39 is 0 Å². The van der Waals surface area contributed by atoms with Crippen molar-refractivity contribution in [2.24, 2.45) is 0 Å². The van der Waals surface area contributed by atoms with Crippen molar-refractivity contribution >= 4 is 37.5 Å². The zero-order chi connectivity index (χ0) is 13.4. The second-order valence-electron chi connectivity index (χ2n) is 4.10. The molecule has 0 aliphatic rings. The highest BCUT2D eigenvalue weighted by molar-refractivity contribution is 9.10. The third kappa shape index (κ3) is 2.35. The lowest BCUT2D eigenvalue weighted by Gasteiger charge is -1.99. The maximum atomic E-state index is 12.0. The first-order valence-corrected chi connectivity index (χ1v) is 7.48. The van der Waals surface area contributed by atoms with E-state index in [1.165, 1.54) is 0 Å². The molecule has 0 fully saturated rings. The van der Waals surface area contributed by atoms with Crippen molar-refractivity contribution in [1.82, 2.24) is 4.98 Å². The highest BCUT2D eigenvalue weighted by Gasteiger charge is 2.11. The summed E-state index contributed by atoms with van der Waals surface area (Å²) in [7, 11) is 0. The molecule has 3 nitrogen and oxygen atoms in total. The number of aromatic nitrogens is 1. The van der Waals surface area contributed by atoms with E-state index in [1.807, 2.05) is 30.3 Å². The predicted molar refractivity (Wildman–Crippen MR) is 80.7 cm³/mol. The highest BCUT2D eigenvalue weighted by Crippen LogP contribution is 2.25. The van der Waals surface area contributed by atoms with Crippen LogP contribution in [0.5, 0.6) is 0 Å². The molecule has 0 aliphatic heterocycles. The van der Waals surface area contributed by atoms with Gasteiger partial charge in [0.25, 0.3) is 0 Å². The van der Waals surface area contributed by atoms with Crippen LogP contribution < -0.4 is 5.63 Å². The van der Waals surface area contributed by atoms with Gasteiger partial charge in [0.05, 0.1) is 5.39 Å². The van der Waals surface area contributed by atoms with E-state index in [9.17, 15) is 4.79 Å². The summed E-state index contributed by atoms with van der Waals surface area (Å²) in [5.74, 6) is 0.370. The van der Waals surface area contributed by atoms with Gasteiger partial charge in [-0.2, -0.15) is 0 Å². The van der Waals surface area contributed by atoms with Crippen molar-refractivity contribution in [3.05, 3.63) is 50.1 Å². The Morgan fingerprint density at radius 1 is 1.32 bits per heavy atom. The van der Waals surface area contributed by atoms with Crippen molar-refractivity contribution in [3.63, 3.8) is 0 Å². The number of aryl methyl sites for hydroxylation is 1. The molecule has 0 spiro atoms. The molecule has 3 aromatic rings. The summed E-state index contributed by atoms with van der Waals surface area (Å²) in [4.78, 5) is 18.3. The van der Waals surface area contributed by atoms with Crippen LogP contribution >= 0.6 is 27.3 Å². The molecule has 0 amide bonds. The number of hydrogen-bond donors (Lipinski definition) is 0. The molecule has 1 aromatic carbocycles. The number of thiophene rings is 1. The molecule has 96 valence electrons. The molecule has 19 heavy (non-hydrogen) atoms. The largest absolute Gasteiger partial charge is 0.403 e. The molecule has 0 aliphatic carbocycles. The van der Waals surface area contributed by atoms with Crippen molar-refractivity contribution in [2.75, 3.05) is 0 Å². The average Bonchev–Trinajstić information content (AvgIpc) is 2.83. The first-order valence-electron chi connectivity index (χ1n) is 5.87. The van der Waals surface area contributed by atoms with Gasteiger partial charge in [0.15, 0.2) is 0 Å². The second kappa shape index (κ2) is 4.90. The molecule has 0 saturated carbocycles. The van der Waals surface area contributed by atoms with E-state index in [1.54, 1.807) is 11.3 Å². The molecule has 0 saturated heterocycles. The molecule has 0 radical (unpaired) electrons. The minimum Gasteiger partial charge on any atom is -0.403 e. The van der Waals surface area contributed by atoms with E-state index in [-0.39, 0.29) is 5.63 Å². The fourth-order valence-corrected chi connectivity index (χ4v) is 3.02. The van der Waals surface area contributed by atoms with Crippen LogP contribution in [0.15, 0.2) is 44.0 Å². The van der Waals surface area contributed by atoms with E-state index >= 15 is 0 Å². The molecule has 2 heterocycles. The topological polar surface area (TPSA) is 43.1 Å². The van der Waals surface area contributed by atoms with Gasteiger partial charge in [-0.3, -0.25) is 0 Å². The van der Waals surface area contributed by atoms with Crippen LogP contribution in [0.4, 0.5) is 0 Å². The molecule has 0 N–H and O–H groups in total. The fourth-order valence-electron chi connectivity index (χ4n) is 1.81. The van der Waals surface area contributed by atoms with E-state index in [0.29, 0.717) is 11.3 Å². The summed E-state index contributed by atoms with van der Waals surface area (Å²) in [5.41, 5.74) is 0.479. The third-order valence-electron chi connectivity index (χ3n) is 2.82. The van der Waals surface area contributed by atoms with Crippen LogP contribution in [0.1, 0.15) is 11.8 Å². The van der Waals surface area contributed by atoms with Crippen molar-refractivity contribution in [3.8, 4) is 11.5 Å². The molecular weight excluding hydrogens is 326 g/mol. The fraction of sp³-hybridized carbons (Fsp3) is 0.143.